The number of rotatable bonds is 2. The molecule has 7 heteroatoms. The van der Waals surface area contributed by atoms with Crippen LogP contribution in [0.25, 0.3) is 11.3 Å². The van der Waals surface area contributed by atoms with Crippen molar-refractivity contribution in [1.82, 2.24) is 9.55 Å². The van der Waals surface area contributed by atoms with Crippen LogP contribution in [-0.4, -0.2) is 23.1 Å². The Morgan fingerprint density at radius 3 is 2.78 bits per heavy atom. The summed E-state index contributed by atoms with van der Waals surface area (Å²) in [7, 11) is -3.81. The third kappa shape index (κ3) is 2.46. The Balaban J connectivity index is 1.61. The predicted octanol–water partition coefficient (Wildman–Crippen LogP) is 2.40. The highest BCUT2D eigenvalue weighted by atomic mass is 32.2. The van der Waals surface area contributed by atoms with E-state index in [1.807, 2.05) is 24.7 Å². The fraction of sp³-hybridized carbons (Fsp3) is 0.250. The van der Waals surface area contributed by atoms with Crippen molar-refractivity contribution in [3.05, 3.63) is 71.7 Å². The van der Waals surface area contributed by atoms with E-state index >= 15 is 0 Å². The summed E-state index contributed by atoms with van der Waals surface area (Å²) in [4.78, 5) is 4.33. The standard InChI is InChI=1S/C20H19N3O3S/c21-27(25,26)13-7-5-12-6-8-16(20(24)17(12)9-13)19-15-4-2-1-3-14(15)18-10-22-11-23(18)19/h1-5,7,9-11,16,19-20,24H,6,8H2,(H2,21,25,26)/t16-,19?,20-/m1/s1. The zero-order chi connectivity index (χ0) is 18.8. The van der Waals surface area contributed by atoms with Gasteiger partial charge in [-0.25, -0.2) is 18.5 Å². The lowest BCUT2D eigenvalue weighted by atomic mass is 9.76. The highest BCUT2D eigenvalue weighted by molar-refractivity contribution is 7.89. The van der Waals surface area contributed by atoms with Crippen LogP contribution in [0.4, 0.5) is 0 Å². The Kier molecular flexibility index (Phi) is 3.56. The van der Waals surface area contributed by atoms with E-state index in [0.717, 1.165) is 29.7 Å². The number of aliphatic hydroxyl groups excluding tert-OH is 1. The maximum absolute atomic E-state index is 11.7. The van der Waals surface area contributed by atoms with Gasteiger partial charge in [-0.15, -0.1) is 0 Å². The van der Waals surface area contributed by atoms with E-state index in [1.165, 1.54) is 17.7 Å². The first kappa shape index (κ1) is 16.7. The summed E-state index contributed by atoms with van der Waals surface area (Å²) < 4.78 is 25.6. The van der Waals surface area contributed by atoms with Gasteiger partial charge in [0.2, 0.25) is 10.0 Å². The molecule has 1 aliphatic carbocycles. The topological polar surface area (TPSA) is 98.2 Å². The van der Waals surface area contributed by atoms with Crippen LogP contribution >= 0.6 is 0 Å². The lowest BCUT2D eigenvalue weighted by Gasteiger charge is -2.35. The summed E-state index contributed by atoms with van der Waals surface area (Å²) in [5, 5.41) is 16.5. The average molecular weight is 381 g/mol. The van der Waals surface area contributed by atoms with Crippen LogP contribution < -0.4 is 5.14 Å². The smallest absolute Gasteiger partial charge is 0.238 e. The molecule has 2 heterocycles. The van der Waals surface area contributed by atoms with Crippen LogP contribution in [0.5, 0.6) is 0 Å². The fourth-order valence-electron chi connectivity index (χ4n) is 4.60. The van der Waals surface area contributed by atoms with Gasteiger partial charge in [0.25, 0.3) is 0 Å². The lowest BCUT2D eigenvalue weighted by Crippen LogP contribution is -2.29. The van der Waals surface area contributed by atoms with Gasteiger partial charge in [-0.05, 0) is 41.7 Å². The van der Waals surface area contributed by atoms with Gasteiger partial charge in [0, 0.05) is 11.5 Å². The van der Waals surface area contributed by atoms with Gasteiger partial charge >= 0.3 is 0 Å². The van der Waals surface area contributed by atoms with E-state index in [1.54, 1.807) is 6.07 Å². The Morgan fingerprint density at radius 2 is 1.96 bits per heavy atom. The summed E-state index contributed by atoms with van der Waals surface area (Å²) in [6.45, 7) is 0. The summed E-state index contributed by atoms with van der Waals surface area (Å²) in [5.41, 5.74) is 4.99. The monoisotopic (exact) mass is 381 g/mol. The normalized spacial score (nSPS) is 23.6. The van der Waals surface area contributed by atoms with Crippen LogP contribution in [0, 0.1) is 5.92 Å². The van der Waals surface area contributed by atoms with E-state index in [9.17, 15) is 13.5 Å². The second kappa shape index (κ2) is 5.76. The maximum Gasteiger partial charge on any atom is 0.238 e. The molecule has 3 N–H and O–H groups in total. The Morgan fingerprint density at radius 1 is 1.15 bits per heavy atom. The highest BCUT2D eigenvalue weighted by Crippen LogP contribution is 2.49. The van der Waals surface area contributed by atoms with Crippen molar-refractivity contribution in [2.24, 2.45) is 11.1 Å². The van der Waals surface area contributed by atoms with Crippen molar-refractivity contribution in [2.75, 3.05) is 0 Å². The Bertz CT molecular complexity index is 1150. The van der Waals surface area contributed by atoms with E-state index in [0.29, 0.717) is 5.56 Å². The number of aliphatic hydroxyl groups is 1. The first-order valence-electron chi connectivity index (χ1n) is 8.90. The van der Waals surface area contributed by atoms with Crippen molar-refractivity contribution >= 4 is 10.0 Å². The molecule has 2 aromatic carbocycles. The highest BCUT2D eigenvalue weighted by Gasteiger charge is 2.40. The number of hydrogen-bond donors (Lipinski definition) is 2. The van der Waals surface area contributed by atoms with Crippen molar-refractivity contribution in [3.63, 3.8) is 0 Å². The maximum atomic E-state index is 11.7. The minimum Gasteiger partial charge on any atom is -0.388 e. The van der Waals surface area contributed by atoms with Gasteiger partial charge in [0.15, 0.2) is 0 Å². The molecule has 1 aliphatic heterocycles. The summed E-state index contributed by atoms with van der Waals surface area (Å²) in [6.07, 6.45) is 4.47. The SMILES string of the molecule is NS(=O)(=O)c1ccc2c(c1)[C@H](O)[C@@H](C1c3ccccc3-c3cncn31)CC2. The molecule has 0 fully saturated rings. The van der Waals surface area contributed by atoms with Gasteiger partial charge < -0.3 is 9.67 Å². The molecule has 0 saturated carbocycles. The molecule has 138 valence electrons. The minimum absolute atomic E-state index is 0.0278. The van der Waals surface area contributed by atoms with Crippen LogP contribution in [0.15, 0.2) is 59.9 Å². The molecule has 0 radical (unpaired) electrons. The third-order valence-electron chi connectivity index (χ3n) is 5.84. The molecule has 0 bridgehead atoms. The van der Waals surface area contributed by atoms with Crippen molar-refractivity contribution in [2.45, 2.75) is 29.9 Å². The molecular formula is C20H19N3O3S. The number of aryl methyl sites for hydroxylation is 1. The molecule has 1 aromatic heterocycles. The molecule has 0 amide bonds. The van der Waals surface area contributed by atoms with E-state index in [2.05, 4.69) is 21.7 Å². The number of nitrogens with two attached hydrogens (primary N) is 1. The number of benzene rings is 2. The zero-order valence-corrected chi connectivity index (χ0v) is 15.3. The number of primary sulfonamides is 1. The van der Waals surface area contributed by atoms with Crippen LogP contribution in [0.2, 0.25) is 0 Å². The first-order valence-corrected chi connectivity index (χ1v) is 10.4. The summed E-state index contributed by atoms with van der Waals surface area (Å²) in [6, 6.07) is 13.0. The molecule has 3 aromatic rings. The van der Waals surface area contributed by atoms with Crippen molar-refractivity contribution < 1.29 is 13.5 Å². The Labute approximate surface area is 157 Å². The molecule has 5 rings (SSSR count). The summed E-state index contributed by atoms with van der Waals surface area (Å²) >= 11 is 0. The van der Waals surface area contributed by atoms with Crippen molar-refractivity contribution in [3.8, 4) is 11.3 Å². The van der Waals surface area contributed by atoms with Crippen LogP contribution in [0.3, 0.4) is 0 Å². The average Bonchev–Trinajstić information content (AvgIpc) is 3.23. The number of sulfonamides is 1. The molecule has 6 nitrogen and oxygen atoms in total. The quantitative estimate of drug-likeness (QED) is 0.712. The first-order chi connectivity index (χ1) is 12.9. The Hall–Kier alpha value is -2.48. The number of fused-ring (bicyclic) bond motifs is 4. The van der Waals surface area contributed by atoms with Gasteiger partial charge in [0.05, 0.1) is 35.3 Å². The third-order valence-corrected chi connectivity index (χ3v) is 6.75. The van der Waals surface area contributed by atoms with E-state index < -0.39 is 16.1 Å². The lowest BCUT2D eigenvalue weighted by molar-refractivity contribution is 0.0718. The molecule has 0 spiro atoms. The predicted molar refractivity (Wildman–Crippen MR) is 100 cm³/mol. The second-order valence-corrected chi connectivity index (χ2v) is 8.83. The molecule has 3 atom stereocenters. The number of aromatic nitrogens is 2. The van der Waals surface area contributed by atoms with E-state index in [-0.39, 0.29) is 16.9 Å². The zero-order valence-electron chi connectivity index (χ0n) is 14.5. The molecule has 0 saturated heterocycles. The van der Waals surface area contributed by atoms with Crippen molar-refractivity contribution in [1.29, 1.82) is 0 Å². The molecule has 2 aliphatic rings. The van der Waals surface area contributed by atoms with Crippen LogP contribution in [-0.2, 0) is 16.4 Å². The largest absolute Gasteiger partial charge is 0.388 e. The molecule has 27 heavy (non-hydrogen) atoms. The molecule has 1 unspecified atom stereocenters. The van der Waals surface area contributed by atoms with E-state index in [4.69, 9.17) is 5.14 Å². The number of nitrogens with zero attached hydrogens (tertiary/aromatic N) is 2. The summed E-state index contributed by atoms with van der Waals surface area (Å²) in [5.74, 6) is -0.0789. The van der Waals surface area contributed by atoms with Gasteiger partial charge in [-0.2, -0.15) is 0 Å². The fourth-order valence-corrected chi connectivity index (χ4v) is 5.15. The number of hydrogen-bond acceptors (Lipinski definition) is 4. The van der Waals surface area contributed by atoms with Crippen LogP contribution in [0.1, 0.15) is 35.3 Å². The van der Waals surface area contributed by atoms with Gasteiger partial charge in [-0.3, -0.25) is 0 Å². The molecular weight excluding hydrogens is 362 g/mol. The number of imidazole rings is 1. The minimum atomic E-state index is -3.81. The second-order valence-electron chi connectivity index (χ2n) is 7.27. The van der Waals surface area contributed by atoms with Gasteiger partial charge in [-0.1, -0.05) is 30.3 Å². The van der Waals surface area contributed by atoms with Gasteiger partial charge in [0.1, 0.15) is 0 Å².